The molecule has 33 heavy (non-hydrogen) atoms. The Kier molecular flexibility index (Phi) is 7.25. The first-order valence-electron chi connectivity index (χ1n) is 10.9. The molecule has 4 rings (SSSR count). The molecule has 2 aromatic carbocycles. The smallest absolute Gasteiger partial charge is 0.230 e. The molecule has 0 saturated carbocycles. The zero-order chi connectivity index (χ0) is 23.4. The summed E-state index contributed by atoms with van der Waals surface area (Å²) in [6.07, 6.45) is 0.995. The van der Waals surface area contributed by atoms with Crippen LogP contribution in [0.15, 0.2) is 59.1 Å². The van der Waals surface area contributed by atoms with E-state index < -0.39 is 0 Å². The van der Waals surface area contributed by atoms with Crippen molar-refractivity contribution in [2.45, 2.75) is 51.6 Å². The van der Waals surface area contributed by atoms with Crippen molar-refractivity contribution in [2.75, 3.05) is 4.90 Å². The molecule has 0 atom stereocenters. The number of amides is 1. The average molecular weight is 478 g/mol. The van der Waals surface area contributed by atoms with Crippen molar-refractivity contribution in [3.8, 4) is 11.4 Å². The molecular formula is C25H27N5OS2. The van der Waals surface area contributed by atoms with Gasteiger partial charge in [-0.05, 0) is 44.0 Å². The maximum absolute atomic E-state index is 12.4. The Labute approximate surface area is 202 Å². The highest BCUT2D eigenvalue weighted by Crippen LogP contribution is 2.32. The molecule has 0 bridgehead atoms. The molecule has 0 N–H and O–H groups in total. The number of thiazole rings is 1. The van der Waals surface area contributed by atoms with Crippen molar-refractivity contribution in [3.05, 3.63) is 70.7 Å². The standard InChI is InChI=1S/C25H27N5OS2/c1-5-12-29-23(20-10-6-8-17(2)13-20)27-28-25(29)33-16-21-15-32-24(26-21)30(19(4)31)22-11-7-9-18(3)14-22/h6-11,13-15H,5,12,16H2,1-4H3. The van der Waals surface area contributed by atoms with Crippen molar-refractivity contribution in [1.29, 1.82) is 0 Å². The molecule has 1 amide bonds. The number of aryl methyl sites for hydroxylation is 2. The van der Waals surface area contributed by atoms with Gasteiger partial charge in [0.15, 0.2) is 16.1 Å². The summed E-state index contributed by atoms with van der Waals surface area (Å²) in [5.74, 6) is 1.50. The molecule has 8 heteroatoms. The van der Waals surface area contributed by atoms with E-state index in [0.717, 1.165) is 46.5 Å². The molecule has 170 valence electrons. The van der Waals surface area contributed by atoms with Gasteiger partial charge in [0.2, 0.25) is 5.91 Å². The lowest BCUT2D eigenvalue weighted by Gasteiger charge is -2.18. The second-order valence-electron chi connectivity index (χ2n) is 7.93. The number of thioether (sulfide) groups is 1. The fourth-order valence-electron chi connectivity index (χ4n) is 3.62. The molecule has 0 radical (unpaired) electrons. The topological polar surface area (TPSA) is 63.9 Å². The third-order valence-electron chi connectivity index (χ3n) is 5.10. The molecular weight excluding hydrogens is 450 g/mol. The molecule has 0 spiro atoms. The van der Waals surface area contributed by atoms with Crippen LogP contribution in [0.25, 0.3) is 11.4 Å². The minimum absolute atomic E-state index is 0.0559. The quantitative estimate of drug-likeness (QED) is 0.275. The van der Waals surface area contributed by atoms with Crippen molar-refractivity contribution in [2.24, 2.45) is 0 Å². The van der Waals surface area contributed by atoms with E-state index in [2.05, 4.69) is 46.8 Å². The largest absolute Gasteiger partial charge is 0.302 e. The van der Waals surface area contributed by atoms with Crippen LogP contribution in [0.3, 0.4) is 0 Å². The van der Waals surface area contributed by atoms with Crippen molar-refractivity contribution < 1.29 is 4.79 Å². The molecule has 0 aliphatic rings. The SMILES string of the molecule is CCCn1c(SCc2csc(N(C(C)=O)c3cccc(C)c3)n2)nnc1-c1cccc(C)c1. The highest BCUT2D eigenvalue weighted by molar-refractivity contribution is 7.98. The zero-order valence-corrected chi connectivity index (χ0v) is 20.9. The lowest BCUT2D eigenvalue weighted by Crippen LogP contribution is -2.22. The number of rotatable bonds is 8. The van der Waals surface area contributed by atoms with Crippen LogP contribution in [0.2, 0.25) is 0 Å². The van der Waals surface area contributed by atoms with Crippen LogP contribution < -0.4 is 4.90 Å². The maximum Gasteiger partial charge on any atom is 0.230 e. The lowest BCUT2D eigenvalue weighted by molar-refractivity contribution is -0.115. The van der Waals surface area contributed by atoms with E-state index in [-0.39, 0.29) is 5.91 Å². The third kappa shape index (κ3) is 5.34. The number of hydrogen-bond acceptors (Lipinski definition) is 6. The van der Waals surface area contributed by atoms with Crippen molar-refractivity contribution in [3.63, 3.8) is 0 Å². The molecule has 0 aliphatic heterocycles. The van der Waals surface area contributed by atoms with E-state index in [1.54, 1.807) is 23.6 Å². The summed E-state index contributed by atoms with van der Waals surface area (Å²) in [5.41, 5.74) is 5.13. The van der Waals surface area contributed by atoms with E-state index in [1.807, 2.05) is 42.6 Å². The van der Waals surface area contributed by atoms with Crippen LogP contribution in [-0.4, -0.2) is 25.7 Å². The first kappa shape index (κ1) is 23.2. The first-order chi connectivity index (χ1) is 16.0. The molecule has 0 unspecified atom stereocenters. The summed E-state index contributed by atoms with van der Waals surface area (Å²) in [6, 6.07) is 16.3. The number of anilines is 2. The minimum Gasteiger partial charge on any atom is -0.302 e. The third-order valence-corrected chi connectivity index (χ3v) is 6.97. The Morgan fingerprint density at radius 2 is 1.85 bits per heavy atom. The van der Waals surface area contributed by atoms with Gasteiger partial charge in [-0.1, -0.05) is 54.6 Å². The predicted molar refractivity (Wildman–Crippen MR) is 136 cm³/mol. The van der Waals surface area contributed by atoms with E-state index in [1.165, 1.54) is 16.9 Å². The second kappa shape index (κ2) is 10.3. The predicted octanol–water partition coefficient (Wildman–Crippen LogP) is 6.41. The van der Waals surface area contributed by atoms with Crippen LogP contribution >= 0.6 is 23.1 Å². The fourth-order valence-corrected chi connectivity index (χ4v) is 5.47. The Morgan fingerprint density at radius 1 is 1.09 bits per heavy atom. The van der Waals surface area contributed by atoms with Gasteiger partial charge in [-0.25, -0.2) is 4.98 Å². The van der Waals surface area contributed by atoms with Gasteiger partial charge in [-0.3, -0.25) is 9.69 Å². The van der Waals surface area contributed by atoms with Gasteiger partial charge >= 0.3 is 0 Å². The van der Waals surface area contributed by atoms with Gasteiger partial charge in [0.25, 0.3) is 0 Å². The molecule has 0 saturated heterocycles. The number of carbonyl (C=O) groups excluding carboxylic acids is 1. The number of hydrogen-bond donors (Lipinski definition) is 0. The lowest BCUT2D eigenvalue weighted by atomic mass is 10.1. The summed E-state index contributed by atoms with van der Waals surface area (Å²) < 4.78 is 2.18. The van der Waals surface area contributed by atoms with Gasteiger partial charge in [-0.15, -0.1) is 21.5 Å². The van der Waals surface area contributed by atoms with E-state index >= 15 is 0 Å². The van der Waals surface area contributed by atoms with Crippen LogP contribution in [0, 0.1) is 13.8 Å². The molecule has 0 fully saturated rings. The minimum atomic E-state index is -0.0559. The summed E-state index contributed by atoms with van der Waals surface area (Å²) in [6.45, 7) is 8.68. The highest BCUT2D eigenvalue weighted by Gasteiger charge is 2.19. The number of carbonyl (C=O) groups is 1. The van der Waals surface area contributed by atoms with Crippen LogP contribution in [0.5, 0.6) is 0 Å². The van der Waals surface area contributed by atoms with Crippen LogP contribution in [-0.2, 0) is 17.1 Å². The van der Waals surface area contributed by atoms with E-state index in [9.17, 15) is 4.79 Å². The van der Waals surface area contributed by atoms with Gasteiger partial charge in [-0.2, -0.15) is 0 Å². The number of nitrogens with zero attached hydrogens (tertiary/aromatic N) is 5. The van der Waals surface area contributed by atoms with E-state index in [0.29, 0.717) is 10.9 Å². The Bertz CT molecular complexity index is 1260. The Balaban J connectivity index is 1.54. The van der Waals surface area contributed by atoms with Crippen LogP contribution in [0.4, 0.5) is 10.8 Å². The number of aromatic nitrogens is 4. The molecule has 4 aromatic rings. The first-order valence-corrected chi connectivity index (χ1v) is 12.8. The molecule has 0 aliphatic carbocycles. The summed E-state index contributed by atoms with van der Waals surface area (Å²) >= 11 is 3.10. The Hall–Kier alpha value is -2.97. The van der Waals surface area contributed by atoms with Gasteiger partial charge in [0, 0.05) is 30.2 Å². The zero-order valence-electron chi connectivity index (χ0n) is 19.3. The van der Waals surface area contributed by atoms with Gasteiger partial charge < -0.3 is 4.57 Å². The van der Waals surface area contributed by atoms with Crippen molar-refractivity contribution >= 4 is 39.8 Å². The summed E-state index contributed by atoms with van der Waals surface area (Å²) in [7, 11) is 0. The Morgan fingerprint density at radius 3 is 2.55 bits per heavy atom. The maximum atomic E-state index is 12.4. The fraction of sp³-hybridized carbons (Fsp3) is 0.280. The van der Waals surface area contributed by atoms with Crippen molar-refractivity contribution in [1.82, 2.24) is 19.7 Å². The number of benzene rings is 2. The normalized spacial score (nSPS) is 11.0. The summed E-state index contributed by atoms with van der Waals surface area (Å²) in [5, 5.41) is 12.5. The monoisotopic (exact) mass is 477 g/mol. The van der Waals surface area contributed by atoms with E-state index in [4.69, 9.17) is 4.98 Å². The molecule has 2 aromatic heterocycles. The molecule has 2 heterocycles. The van der Waals surface area contributed by atoms with Crippen LogP contribution in [0.1, 0.15) is 37.1 Å². The molecule has 6 nitrogen and oxygen atoms in total. The highest BCUT2D eigenvalue weighted by atomic mass is 32.2. The summed E-state index contributed by atoms with van der Waals surface area (Å²) in [4.78, 5) is 18.8. The van der Waals surface area contributed by atoms with Gasteiger partial charge in [0.05, 0.1) is 11.4 Å². The average Bonchev–Trinajstić information content (AvgIpc) is 3.40. The second-order valence-corrected chi connectivity index (χ2v) is 9.71. The van der Waals surface area contributed by atoms with Gasteiger partial charge in [0.1, 0.15) is 0 Å².